The summed E-state index contributed by atoms with van der Waals surface area (Å²) in [7, 11) is 2.15. The number of likely N-dealkylation sites (N-methyl/N-ethyl adjacent to an activating group) is 1. The molecule has 1 aliphatic carbocycles. The first-order valence-corrected chi connectivity index (χ1v) is 7.82. The van der Waals surface area contributed by atoms with Gasteiger partial charge in [0.15, 0.2) is 0 Å². The lowest BCUT2D eigenvalue weighted by atomic mass is 10.1. The molecule has 3 rings (SSSR count). The Morgan fingerprint density at radius 1 is 1.19 bits per heavy atom. The minimum atomic E-state index is 0.747. The molecule has 112 valence electrons. The van der Waals surface area contributed by atoms with Gasteiger partial charge in [-0.3, -0.25) is 4.90 Å². The molecule has 1 aromatic carbocycles. The molecule has 3 heteroatoms. The molecule has 0 aliphatic heterocycles. The maximum Gasteiger partial charge on any atom is 0.118 e. The molecule has 0 radical (unpaired) electrons. The van der Waals surface area contributed by atoms with E-state index in [9.17, 15) is 0 Å². The Kier molecular flexibility index (Phi) is 4.73. The van der Waals surface area contributed by atoms with Crippen molar-refractivity contribution in [1.29, 1.82) is 0 Å². The summed E-state index contributed by atoms with van der Waals surface area (Å²) in [6, 6.07) is 13.5. The van der Waals surface area contributed by atoms with Crippen LogP contribution < -0.4 is 5.32 Å². The summed E-state index contributed by atoms with van der Waals surface area (Å²) in [5.74, 6) is 1.05. The number of hydrogen-bond acceptors (Lipinski definition) is 3. The fourth-order valence-electron chi connectivity index (χ4n) is 2.46. The van der Waals surface area contributed by atoms with Crippen LogP contribution in [-0.4, -0.2) is 24.5 Å². The minimum absolute atomic E-state index is 0.747. The van der Waals surface area contributed by atoms with E-state index in [-0.39, 0.29) is 0 Å². The van der Waals surface area contributed by atoms with E-state index in [2.05, 4.69) is 53.7 Å². The van der Waals surface area contributed by atoms with E-state index in [0.717, 1.165) is 37.9 Å². The summed E-state index contributed by atoms with van der Waals surface area (Å²) in [5.41, 5.74) is 2.64. The van der Waals surface area contributed by atoms with Crippen LogP contribution in [0.5, 0.6) is 0 Å². The Morgan fingerprint density at radius 3 is 2.76 bits per heavy atom. The lowest BCUT2D eigenvalue weighted by Crippen LogP contribution is -2.20. The SMILES string of the molecule is CN(CCc1ccccc1)Cc1cc(CNC2CC2)co1. The Bertz CT molecular complexity index is 545. The summed E-state index contributed by atoms with van der Waals surface area (Å²) in [4.78, 5) is 2.31. The van der Waals surface area contributed by atoms with Crippen molar-refractivity contribution >= 4 is 0 Å². The minimum Gasteiger partial charge on any atom is -0.468 e. The van der Waals surface area contributed by atoms with Crippen LogP contribution in [-0.2, 0) is 19.5 Å². The lowest BCUT2D eigenvalue weighted by Gasteiger charge is -2.14. The van der Waals surface area contributed by atoms with Crippen LogP contribution in [0.15, 0.2) is 47.1 Å². The van der Waals surface area contributed by atoms with Crippen LogP contribution in [0.25, 0.3) is 0 Å². The second kappa shape index (κ2) is 6.92. The highest BCUT2D eigenvalue weighted by molar-refractivity contribution is 5.15. The van der Waals surface area contributed by atoms with Crippen LogP contribution in [0.1, 0.15) is 29.7 Å². The smallest absolute Gasteiger partial charge is 0.118 e. The first kappa shape index (κ1) is 14.4. The van der Waals surface area contributed by atoms with Gasteiger partial charge in [0.2, 0.25) is 0 Å². The van der Waals surface area contributed by atoms with E-state index in [4.69, 9.17) is 4.42 Å². The lowest BCUT2D eigenvalue weighted by molar-refractivity contribution is 0.298. The van der Waals surface area contributed by atoms with Crippen molar-refractivity contribution in [3.05, 3.63) is 59.5 Å². The number of nitrogens with one attached hydrogen (secondary N) is 1. The third kappa shape index (κ3) is 4.73. The van der Waals surface area contributed by atoms with E-state index < -0.39 is 0 Å². The van der Waals surface area contributed by atoms with Gasteiger partial charge in [-0.2, -0.15) is 0 Å². The molecular formula is C18H24N2O. The van der Waals surface area contributed by atoms with Gasteiger partial charge in [0.25, 0.3) is 0 Å². The maximum atomic E-state index is 5.66. The zero-order valence-corrected chi connectivity index (χ0v) is 12.7. The van der Waals surface area contributed by atoms with Crippen LogP contribution in [0, 0.1) is 0 Å². The number of rotatable bonds is 8. The molecule has 1 aromatic heterocycles. The Labute approximate surface area is 127 Å². The summed E-state index contributed by atoms with van der Waals surface area (Å²) in [6.45, 7) is 2.85. The molecular weight excluding hydrogens is 260 g/mol. The monoisotopic (exact) mass is 284 g/mol. The van der Waals surface area contributed by atoms with Crippen molar-refractivity contribution in [2.75, 3.05) is 13.6 Å². The van der Waals surface area contributed by atoms with Gasteiger partial charge in [-0.15, -0.1) is 0 Å². The van der Waals surface area contributed by atoms with Crippen LogP contribution in [0.3, 0.4) is 0 Å². The van der Waals surface area contributed by atoms with E-state index in [1.54, 1.807) is 0 Å². The zero-order chi connectivity index (χ0) is 14.5. The van der Waals surface area contributed by atoms with Crippen molar-refractivity contribution in [2.24, 2.45) is 0 Å². The van der Waals surface area contributed by atoms with Gasteiger partial charge < -0.3 is 9.73 Å². The summed E-state index contributed by atoms with van der Waals surface area (Å²) >= 11 is 0. The third-order valence-corrected chi connectivity index (χ3v) is 3.93. The van der Waals surface area contributed by atoms with E-state index in [1.807, 2.05) is 6.26 Å². The van der Waals surface area contributed by atoms with Crippen molar-refractivity contribution in [3.63, 3.8) is 0 Å². The molecule has 0 atom stereocenters. The fourth-order valence-corrected chi connectivity index (χ4v) is 2.46. The normalized spacial score (nSPS) is 14.8. The predicted molar refractivity (Wildman–Crippen MR) is 85.0 cm³/mol. The molecule has 1 fully saturated rings. The zero-order valence-electron chi connectivity index (χ0n) is 12.7. The van der Waals surface area contributed by atoms with E-state index in [0.29, 0.717) is 0 Å². The van der Waals surface area contributed by atoms with Crippen LogP contribution >= 0.6 is 0 Å². The fraction of sp³-hybridized carbons (Fsp3) is 0.444. The van der Waals surface area contributed by atoms with E-state index >= 15 is 0 Å². The average molecular weight is 284 g/mol. The van der Waals surface area contributed by atoms with Crippen molar-refractivity contribution in [2.45, 2.75) is 38.4 Å². The molecule has 1 heterocycles. The molecule has 0 unspecified atom stereocenters. The highest BCUT2D eigenvalue weighted by Crippen LogP contribution is 2.20. The second-order valence-corrected chi connectivity index (χ2v) is 6.05. The van der Waals surface area contributed by atoms with Crippen LogP contribution in [0.2, 0.25) is 0 Å². The van der Waals surface area contributed by atoms with Gasteiger partial charge in [0.1, 0.15) is 5.76 Å². The Hall–Kier alpha value is -1.58. The Morgan fingerprint density at radius 2 is 2.00 bits per heavy atom. The standard InChI is InChI=1S/C18H24N2O/c1-20(10-9-15-5-3-2-4-6-15)13-18-11-16(14-21-18)12-19-17-7-8-17/h2-6,11,14,17,19H,7-10,12-13H2,1H3. The molecule has 1 saturated carbocycles. The maximum absolute atomic E-state index is 5.66. The number of benzene rings is 1. The first-order valence-electron chi connectivity index (χ1n) is 7.82. The number of hydrogen-bond donors (Lipinski definition) is 1. The molecule has 1 aliphatic rings. The molecule has 0 saturated heterocycles. The summed E-state index contributed by atoms with van der Waals surface area (Å²) in [6.07, 6.45) is 5.61. The average Bonchev–Trinajstić information content (AvgIpc) is 3.24. The highest BCUT2D eigenvalue weighted by atomic mass is 16.3. The largest absolute Gasteiger partial charge is 0.468 e. The van der Waals surface area contributed by atoms with Gasteiger partial charge in [0.05, 0.1) is 12.8 Å². The second-order valence-electron chi connectivity index (χ2n) is 6.05. The highest BCUT2D eigenvalue weighted by Gasteiger charge is 2.20. The molecule has 0 amide bonds. The van der Waals surface area contributed by atoms with Gasteiger partial charge in [-0.25, -0.2) is 0 Å². The topological polar surface area (TPSA) is 28.4 Å². The third-order valence-electron chi connectivity index (χ3n) is 3.93. The molecule has 0 spiro atoms. The Balaban J connectivity index is 1.42. The number of nitrogens with zero attached hydrogens (tertiary/aromatic N) is 1. The molecule has 0 bridgehead atoms. The molecule has 2 aromatic rings. The van der Waals surface area contributed by atoms with Crippen LogP contribution in [0.4, 0.5) is 0 Å². The predicted octanol–water partition coefficient (Wildman–Crippen LogP) is 3.21. The molecule has 21 heavy (non-hydrogen) atoms. The van der Waals surface area contributed by atoms with Gasteiger partial charge in [-0.1, -0.05) is 30.3 Å². The van der Waals surface area contributed by atoms with E-state index in [1.165, 1.54) is 24.0 Å². The molecule has 1 N–H and O–H groups in total. The number of furan rings is 1. The van der Waals surface area contributed by atoms with Gasteiger partial charge in [0, 0.05) is 24.7 Å². The van der Waals surface area contributed by atoms with Crippen molar-refractivity contribution in [3.8, 4) is 0 Å². The van der Waals surface area contributed by atoms with Gasteiger partial charge >= 0.3 is 0 Å². The summed E-state index contributed by atoms with van der Waals surface area (Å²) in [5, 5.41) is 3.51. The quantitative estimate of drug-likeness (QED) is 0.807. The van der Waals surface area contributed by atoms with Crippen molar-refractivity contribution < 1.29 is 4.42 Å². The molecule has 3 nitrogen and oxygen atoms in total. The van der Waals surface area contributed by atoms with Gasteiger partial charge in [-0.05, 0) is 37.9 Å². The summed E-state index contributed by atoms with van der Waals surface area (Å²) < 4.78 is 5.66. The van der Waals surface area contributed by atoms with Crippen molar-refractivity contribution in [1.82, 2.24) is 10.2 Å². The first-order chi connectivity index (χ1) is 10.3.